The number of rotatable bonds is 2. The molecule has 0 aromatic rings. The molecule has 2 fully saturated rings. The molecule has 1 aliphatic heterocycles. The van der Waals surface area contributed by atoms with Gasteiger partial charge in [0, 0.05) is 25.6 Å². The van der Waals surface area contributed by atoms with Crippen molar-refractivity contribution in [3.63, 3.8) is 0 Å². The number of piperidine rings is 1. The molecular formula is C14H28IN3O. The quantitative estimate of drug-likeness (QED) is 0.454. The number of aliphatic imine (C=N–C) groups is 1. The zero-order valence-corrected chi connectivity index (χ0v) is 14.9. The Morgan fingerprint density at radius 2 is 1.89 bits per heavy atom. The van der Waals surface area contributed by atoms with Gasteiger partial charge >= 0.3 is 0 Å². The number of ether oxygens (including phenoxy) is 1. The molecule has 0 aromatic heterocycles. The third-order valence-corrected chi connectivity index (χ3v) is 4.81. The van der Waals surface area contributed by atoms with Crippen LogP contribution < -0.4 is 5.73 Å². The molecule has 0 radical (unpaired) electrons. The zero-order chi connectivity index (χ0) is 13.3. The van der Waals surface area contributed by atoms with Crippen molar-refractivity contribution in [1.29, 1.82) is 0 Å². The van der Waals surface area contributed by atoms with Crippen molar-refractivity contribution >= 4 is 29.9 Å². The van der Waals surface area contributed by atoms with Gasteiger partial charge in [0.25, 0.3) is 0 Å². The highest BCUT2D eigenvalue weighted by Crippen LogP contribution is 2.44. The Bertz CT molecular complexity index is 325. The Kier molecular flexibility index (Phi) is 5.92. The van der Waals surface area contributed by atoms with Gasteiger partial charge in [-0.15, -0.1) is 24.0 Å². The molecule has 0 aromatic carbocycles. The Labute approximate surface area is 134 Å². The third-order valence-electron chi connectivity index (χ3n) is 4.81. The van der Waals surface area contributed by atoms with E-state index in [4.69, 9.17) is 15.5 Å². The van der Waals surface area contributed by atoms with E-state index in [-0.39, 0.29) is 29.4 Å². The summed E-state index contributed by atoms with van der Waals surface area (Å²) in [6.07, 6.45) is 3.77. The first-order valence-corrected chi connectivity index (χ1v) is 7.06. The summed E-state index contributed by atoms with van der Waals surface area (Å²) in [6, 6.07) is 0.307. The van der Waals surface area contributed by atoms with Crippen LogP contribution in [0.1, 0.15) is 40.0 Å². The smallest absolute Gasteiger partial charge is 0.191 e. The van der Waals surface area contributed by atoms with Gasteiger partial charge in [-0.3, -0.25) is 0 Å². The number of halogens is 1. The second-order valence-electron chi connectivity index (χ2n) is 6.45. The number of guanidine groups is 1. The van der Waals surface area contributed by atoms with Crippen LogP contribution in [-0.2, 0) is 4.74 Å². The van der Waals surface area contributed by atoms with Crippen LogP contribution in [0, 0.1) is 11.3 Å². The maximum atomic E-state index is 6.15. The van der Waals surface area contributed by atoms with E-state index in [1.165, 1.54) is 12.8 Å². The molecule has 2 N–H and O–H groups in total. The summed E-state index contributed by atoms with van der Waals surface area (Å²) in [6.45, 7) is 8.84. The first-order valence-electron chi connectivity index (χ1n) is 7.06. The van der Waals surface area contributed by atoms with Crippen molar-refractivity contribution in [2.24, 2.45) is 22.1 Å². The van der Waals surface area contributed by atoms with Crippen LogP contribution in [0.3, 0.4) is 0 Å². The van der Waals surface area contributed by atoms with Gasteiger partial charge in [0.05, 0.1) is 12.1 Å². The van der Waals surface area contributed by atoms with Crippen molar-refractivity contribution in [3.05, 3.63) is 0 Å². The first kappa shape index (κ1) is 17.0. The van der Waals surface area contributed by atoms with Crippen molar-refractivity contribution in [2.75, 3.05) is 20.2 Å². The third kappa shape index (κ3) is 3.54. The van der Waals surface area contributed by atoms with Crippen molar-refractivity contribution < 1.29 is 4.74 Å². The van der Waals surface area contributed by atoms with Crippen molar-refractivity contribution in [2.45, 2.75) is 52.2 Å². The summed E-state index contributed by atoms with van der Waals surface area (Å²) >= 11 is 0. The number of likely N-dealkylation sites (tertiary alicyclic amines) is 1. The topological polar surface area (TPSA) is 50.9 Å². The molecule has 2 atom stereocenters. The maximum Gasteiger partial charge on any atom is 0.191 e. The summed E-state index contributed by atoms with van der Waals surface area (Å²) in [7, 11) is 1.78. The minimum absolute atomic E-state index is 0. The largest absolute Gasteiger partial charge is 0.381 e. The Morgan fingerprint density at radius 3 is 2.37 bits per heavy atom. The van der Waals surface area contributed by atoms with Gasteiger partial charge in [-0.2, -0.15) is 0 Å². The SMILES string of the molecule is COC1CC(N=C(N)N2CCC(C)CC2)C1(C)C.I. The molecule has 1 saturated carbocycles. The number of nitrogens with two attached hydrogens (primary N) is 1. The zero-order valence-electron chi connectivity index (χ0n) is 12.6. The molecule has 19 heavy (non-hydrogen) atoms. The second-order valence-corrected chi connectivity index (χ2v) is 6.45. The Morgan fingerprint density at radius 1 is 1.32 bits per heavy atom. The molecule has 1 saturated heterocycles. The van der Waals surface area contributed by atoms with Crippen LogP contribution in [0.4, 0.5) is 0 Å². The molecule has 2 rings (SSSR count). The molecule has 0 bridgehead atoms. The second kappa shape index (κ2) is 6.61. The molecular weight excluding hydrogens is 353 g/mol. The molecule has 0 spiro atoms. The van der Waals surface area contributed by atoms with Crippen LogP contribution in [-0.4, -0.2) is 43.2 Å². The van der Waals surface area contributed by atoms with Crippen LogP contribution in [0.5, 0.6) is 0 Å². The fraction of sp³-hybridized carbons (Fsp3) is 0.929. The maximum absolute atomic E-state index is 6.15. The van der Waals surface area contributed by atoms with Gasteiger partial charge in [-0.1, -0.05) is 20.8 Å². The number of hydrogen-bond donors (Lipinski definition) is 1. The van der Waals surface area contributed by atoms with Gasteiger partial charge < -0.3 is 15.4 Å². The minimum Gasteiger partial charge on any atom is -0.381 e. The standard InChI is InChI=1S/C14H27N3O.HI/c1-10-5-7-17(8-6-10)13(15)16-11-9-12(18-4)14(11,2)3;/h10-12H,5-9H2,1-4H3,(H2,15,16);1H. The van der Waals surface area contributed by atoms with Crippen molar-refractivity contribution in [3.8, 4) is 0 Å². The lowest BCUT2D eigenvalue weighted by atomic mass is 9.65. The highest BCUT2D eigenvalue weighted by atomic mass is 127. The summed E-state index contributed by atoms with van der Waals surface area (Å²) in [4.78, 5) is 6.95. The number of nitrogens with zero attached hydrogens (tertiary/aromatic N) is 2. The fourth-order valence-electron chi connectivity index (χ4n) is 2.96. The van der Waals surface area contributed by atoms with Gasteiger partial charge in [-0.25, -0.2) is 4.99 Å². The van der Waals surface area contributed by atoms with Gasteiger partial charge in [0.15, 0.2) is 5.96 Å². The molecule has 4 nitrogen and oxygen atoms in total. The highest BCUT2D eigenvalue weighted by molar-refractivity contribution is 14.0. The number of methoxy groups -OCH3 is 1. The summed E-state index contributed by atoms with van der Waals surface area (Å²) in [5, 5.41) is 0. The van der Waals surface area contributed by atoms with E-state index < -0.39 is 0 Å². The van der Waals surface area contributed by atoms with Crippen LogP contribution in [0.2, 0.25) is 0 Å². The van der Waals surface area contributed by atoms with Crippen LogP contribution >= 0.6 is 24.0 Å². The predicted molar refractivity (Wildman–Crippen MR) is 90.0 cm³/mol. The normalized spacial score (nSPS) is 31.6. The predicted octanol–water partition coefficient (Wildman–Crippen LogP) is 2.46. The number of hydrogen-bond acceptors (Lipinski definition) is 2. The highest BCUT2D eigenvalue weighted by Gasteiger charge is 2.49. The average Bonchev–Trinajstić information content (AvgIpc) is 2.34. The van der Waals surface area contributed by atoms with E-state index in [0.29, 0.717) is 12.1 Å². The van der Waals surface area contributed by atoms with Gasteiger partial charge in [0.1, 0.15) is 0 Å². The first-order chi connectivity index (χ1) is 8.45. The van der Waals surface area contributed by atoms with Gasteiger partial charge in [-0.05, 0) is 25.2 Å². The summed E-state index contributed by atoms with van der Waals surface area (Å²) in [5.41, 5.74) is 6.26. The van der Waals surface area contributed by atoms with E-state index in [1.54, 1.807) is 7.11 Å². The Hall–Kier alpha value is -0.0400. The average molecular weight is 381 g/mol. The summed E-state index contributed by atoms with van der Waals surface area (Å²) in [5.74, 6) is 1.56. The molecule has 0 amide bonds. The molecule has 1 heterocycles. The summed E-state index contributed by atoms with van der Waals surface area (Å²) < 4.78 is 5.45. The molecule has 5 heteroatoms. The molecule has 2 unspecified atom stereocenters. The molecule has 2 aliphatic rings. The molecule has 112 valence electrons. The minimum atomic E-state index is 0. The van der Waals surface area contributed by atoms with E-state index in [0.717, 1.165) is 31.4 Å². The van der Waals surface area contributed by atoms with Crippen molar-refractivity contribution in [1.82, 2.24) is 4.90 Å². The van der Waals surface area contributed by atoms with E-state index in [9.17, 15) is 0 Å². The van der Waals surface area contributed by atoms with Crippen LogP contribution in [0.25, 0.3) is 0 Å². The lowest BCUT2D eigenvalue weighted by Crippen LogP contribution is -2.55. The van der Waals surface area contributed by atoms with Crippen LogP contribution in [0.15, 0.2) is 4.99 Å². The fourth-order valence-corrected chi connectivity index (χ4v) is 2.96. The van der Waals surface area contributed by atoms with E-state index in [1.807, 2.05) is 0 Å². The van der Waals surface area contributed by atoms with E-state index >= 15 is 0 Å². The lowest BCUT2D eigenvalue weighted by Gasteiger charge is -2.49. The Balaban J connectivity index is 0.00000180. The molecule has 1 aliphatic carbocycles. The lowest BCUT2D eigenvalue weighted by molar-refractivity contribution is -0.0853. The van der Waals surface area contributed by atoms with E-state index in [2.05, 4.69) is 25.7 Å². The van der Waals surface area contributed by atoms with Gasteiger partial charge in [0.2, 0.25) is 0 Å². The monoisotopic (exact) mass is 381 g/mol.